The van der Waals surface area contributed by atoms with E-state index in [1.807, 2.05) is 39.0 Å². The molecular weight excluding hydrogens is 355 g/mol. The standard InChI is InChI=1S/C15H18N3O2.CH3.Y/c1-5-11(2)16-17-12(3)13-8-6-7-9-14(13)15(10-19)18-20-4;;/h6-9H,5H2,1-4H3;1H3;/q2*-1;/b16-11+,17-12+,18-15-;;. The summed E-state index contributed by atoms with van der Waals surface area (Å²) in [6.45, 7) is 5.77. The molecule has 5 nitrogen and oxygen atoms in total. The summed E-state index contributed by atoms with van der Waals surface area (Å²) in [5, 5.41) is 12.0. The number of hydrogen-bond donors (Lipinski definition) is 0. The molecule has 0 spiro atoms. The van der Waals surface area contributed by atoms with Crippen LogP contribution in [0.5, 0.6) is 0 Å². The number of nitrogens with zero attached hydrogens (tertiary/aromatic N) is 3. The second-order valence-electron chi connectivity index (χ2n) is 4.14. The van der Waals surface area contributed by atoms with Gasteiger partial charge in [0.2, 0.25) is 0 Å². The van der Waals surface area contributed by atoms with E-state index in [1.165, 1.54) is 7.11 Å². The summed E-state index contributed by atoms with van der Waals surface area (Å²) in [5.41, 5.74) is 3.14. The Morgan fingerprint density at radius 1 is 1.18 bits per heavy atom. The van der Waals surface area contributed by atoms with Gasteiger partial charge in [0.15, 0.2) is 0 Å². The van der Waals surface area contributed by atoms with Crippen LogP contribution < -0.4 is 0 Å². The molecule has 0 fully saturated rings. The van der Waals surface area contributed by atoms with E-state index in [0.29, 0.717) is 11.3 Å². The third-order valence-electron chi connectivity index (χ3n) is 2.73. The Labute approximate surface area is 157 Å². The van der Waals surface area contributed by atoms with Crippen LogP contribution in [0.3, 0.4) is 0 Å². The Balaban J connectivity index is 0. The van der Waals surface area contributed by atoms with E-state index in [0.717, 1.165) is 17.7 Å². The van der Waals surface area contributed by atoms with Crippen molar-refractivity contribution in [2.24, 2.45) is 15.4 Å². The quantitative estimate of drug-likeness (QED) is 0.435. The molecule has 0 bridgehead atoms. The van der Waals surface area contributed by atoms with E-state index in [4.69, 9.17) is 0 Å². The first kappa shape index (κ1) is 23.1. The van der Waals surface area contributed by atoms with Gasteiger partial charge in [0.05, 0.1) is 5.71 Å². The number of oxime groups is 1. The van der Waals surface area contributed by atoms with Crippen molar-refractivity contribution in [1.29, 1.82) is 0 Å². The molecule has 1 radical (unpaired) electrons. The summed E-state index contributed by atoms with van der Waals surface area (Å²) in [6, 6.07) is 7.31. The van der Waals surface area contributed by atoms with Crippen molar-refractivity contribution in [3.05, 3.63) is 42.8 Å². The summed E-state index contributed by atoms with van der Waals surface area (Å²) in [7, 11) is 1.38. The van der Waals surface area contributed by atoms with E-state index >= 15 is 0 Å². The van der Waals surface area contributed by atoms with Crippen molar-refractivity contribution in [2.75, 3.05) is 7.11 Å². The zero-order valence-electron chi connectivity index (χ0n) is 13.8. The fourth-order valence-corrected chi connectivity index (χ4v) is 1.50. The minimum absolute atomic E-state index is 0. The summed E-state index contributed by atoms with van der Waals surface area (Å²) < 4.78 is 0. The summed E-state index contributed by atoms with van der Waals surface area (Å²) in [6.07, 6.45) is 2.62. The monoisotopic (exact) mass is 376 g/mol. The average Bonchev–Trinajstić information content (AvgIpc) is 2.49. The average molecular weight is 376 g/mol. The maximum Gasteiger partial charge on any atom is 0.106 e. The second-order valence-corrected chi connectivity index (χ2v) is 4.14. The molecule has 6 heteroatoms. The first-order valence-electron chi connectivity index (χ1n) is 6.30. The minimum Gasteiger partial charge on any atom is -0.417 e. The molecule has 0 amide bonds. The molecule has 1 aromatic carbocycles. The van der Waals surface area contributed by atoms with Crippen LogP contribution in [0.25, 0.3) is 0 Å². The first-order chi connectivity index (χ1) is 9.63. The number of carbonyl (C=O) groups excluding carboxylic acids is 1. The van der Waals surface area contributed by atoms with Gasteiger partial charge in [0.1, 0.15) is 7.11 Å². The number of benzene rings is 1. The summed E-state index contributed by atoms with van der Waals surface area (Å²) in [5.74, 6) is 0. The van der Waals surface area contributed by atoms with Gasteiger partial charge in [-0.25, -0.2) is 0 Å². The molecule has 0 aliphatic rings. The Morgan fingerprint density at radius 3 is 2.27 bits per heavy atom. The van der Waals surface area contributed by atoms with Gasteiger partial charge in [-0.05, 0) is 26.0 Å². The Kier molecular flexibility index (Phi) is 13.0. The van der Waals surface area contributed by atoms with Gasteiger partial charge in [-0.1, -0.05) is 30.7 Å². The Bertz CT molecular complexity index is 566. The predicted molar refractivity (Wildman–Crippen MR) is 87.7 cm³/mol. The van der Waals surface area contributed by atoms with Crippen molar-refractivity contribution in [3.63, 3.8) is 0 Å². The van der Waals surface area contributed by atoms with Crippen LogP contribution in [0, 0.1) is 7.43 Å². The van der Waals surface area contributed by atoms with Gasteiger partial charge >= 0.3 is 0 Å². The van der Waals surface area contributed by atoms with Crippen molar-refractivity contribution in [1.82, 2.24) is 0 Å². The minimum atomic E-state index is 0. The van der Waals surface area contributed by atoms with Crippen LogP contribution in [0.15, 0.2) is 39.6 Å². The van der Waals surface area contributed by atoms with E-state index in [2.05, 4.69) is 20.2 Å². The molecule has 0 aliphatic carbocycles. The van der Waals surface area contributed by atoms with Gasteiger partial charge in [-0.2, -0.15) is 10.2 Å². The molecule has 0 saturated carbocycles. The van der Waals surface area contributed by atoms with Crippen molar-refractivity contribution in [2.45, 2.75) is 27.2 Å². The second kappa shape index (κ2) is 12.4. The third kappa shape index (κ3) is 6.71. The van der Waals surface area contributed by atoms with Crippen LogP contribution in [0.1, 0.15) is 38.3 Å². The topological polar surface area (TPSA) is 63.4 Å². The Hall–Kier alpha value is -1.20. The van der Waals surface area contributed by atoms with E-state index in [9.17, 15) is 4.79 Å². The number of hydrogen-bond acceptors (Lipinski definition) is 5. The molecule has 1 rings (SSSR count). The first-order valence-corrected chi connectivity index (χ1v) is 6.30. The molecule has 1 aromatic rings. The fourth-order valence-electron chi connectivity index (χ4n) is 1.50. The van der Waals surface area contributed by atoms with Crippen LogP contribution in [0.4, 0.5) is 0 Å². The van der Waals surface area contributed by atoms with Crippen LogP contribution in [-0.2, 0) is 42.3 Å². The smallest absolute Gasteiger partial charge is 0.106 e. The summed E-state index contributed by atoms with van der Waals surface area (Å²) >= 11 is 0. The van der Waals surface area contributed by atoms with E-state index in [-0.39, 0.29) is 45.8 Å². The molecule has 117 valence electrons. The molecule has 0 N–H and O–H groups in total. The van der Waals surface area contributed by atoms with Crippen molar-refractivity contribution < 1.29 is 42.3 Å². The molecule has 0 atom stereocenters. The van der Waals surface area contributed by atoms with E-state index in [1.54, 1.807) is 12.4 Å². The maximum atomic E-state index is 11.0. The molecule has 0 heterocycles. The van der Waals surface area contributed by atoms with Gasteiger partial charge in [-0.15, -0.1) is 16.8 Å². The molecule has 0 aromatic heterocycles. The third-order valence-corrected chi connectivity index (χ3v) is 2.73. The fraction of sp³-hybridized carbons (Fsp3) is 0.312. The molecule has 22 heavy (non-hydrogen) atoms. The molecule has 0 aliphatic heterocycles. The van der Waals surface area contributed by atoms with Crippen molar-refractivity contribution in [3.8, 4) is 0 Å². The zero-order valence-corrected chi connectivity index (χ0v) is 16.6. The van der Waals surface area contributed by atoms with Crippen molar-refractivity contribution >= 4 is 23.4 Å². The predicted octanol–water partition coefficient (Wildman–Crippen LogP) is 3.19. The maximum absolute atomic E-state index is 11.0. The van der Waals surface area contributed by atoms with Gasteiger partial charge in [0, 0.05) is 44.7 Å². The van der Waals surface area contributed by atoms with Crippen LogP contribution in [0.2, 0.25) is 0 Å². The van der Waals surface area contributed by atoms with Gasteiger partial charge < -0.3 is 17.1 Å². The van der Waals surface area contributed by atoms with Crippen LogP contribution >= 0.6 is 0 Å². The van der Waals surface area contributed by atoms with Gasteiger partial charge in [0.25, 0.3) is 0 Å². The van der Waals surface area contributed by atoms with E-state index < -0.39 is 0 Å². The Morgan fingerprint density at radius 2 is 1.77 bits per heavy atom. The van der Waals surface area contributed by atoms with Gasteiger partial charge in [-0.3, -0.25) is 0 Å². The normalized spacial score (nSPS) is 12.1. The molecule has 0 saturated heterocycles. The number of rotatable bonds is 6. The molecule has 0 unspecified atom stereocenters. The largest absolute Gasteiger partial charge is 0.417 e. The SMILES string of the molecule is CC/C(C)=N/N=C(\C)c1ccccc1/C([C-]=O)=N\OC.[CH3-].[Y]. The zero-order chi connectivity index (χ0) is 15.0. The van der Waals surface area contributed by atoms with Crippen LogP contribution in [-0.4, -0.2) is 30.5 Å². The molecular formula is C16H21N3O2Y-2. The summed E-state index contributed by atoms with van der Waals surface area (Å²) in [4.78, 5) is 15.6.